The number of rotatable bonds is 10. The molecule has 6 nitrogen and oxygen atoms in total. The van der Waals surface area contributed by atoms with Crippen LogP contribution in [0.1, 0.15) is 0 Å². The molecule has 0 saturated heterocycles. The van der Waals surface area contributed by atoms with Gasteiger partial charge >= 0.3 is 0 Å². The van der Waals surface area contributed by atoms with E-state index < -0.39 is 0 Å². The van der Waals surface area contributed by atoms with Crippen molar-refractivity contribution in [2.45, 2.75) is 0 Å². The van der Waals surface area contributed by atoms with E-state index in [1.165, 1.54) is 0 Å². The lowest BCUT2D eigenvalue weighted by Gasteiger charge is -2.28. The van der Waals surface area contributed by atoms with E-state index in [0.717, 1.165) is 56.9 Å². The Kier molecular flexibility index (Phi) is 8.07. The lowest BCUT2D eigenvalue weighted by molar-refractivity contribution is 1.25. The highest BCUT2D eigenvalue weighted by molar-refractivity contribution is 5.82. The van der Waals surface area contributed by atoms with E-state index in [4.69, 9.17) is 0 Å². The van der Waals surface area contributed by atoms with Crippen LogP contribution in [0.3, 0.4) is 0 Å². The van der Waals surface area contributed by atoms with Gasteiger partial charge in [-0.15, -0.1) is 0 Å². The fourth-order valence-corrected chi connectivity index (χ4v) is 4.75. The first-order chi connectivity index (χ1) is 19.6. The van der Waals surface area contributed by atoms with E-state index in [2.05, 4.69) is 152 Å². The van der Waals surface area contributed by atoms with Gasteiger partial charge in [-0.2, -0.15) is 0 Å². The van der Waals surface area contributed by atoms with Gasteiger partial charge in [0.05, 0.1) is 0 Å². The monoisotopic (exact) mass is 528 g/mol. The summed E-state index contributed by atoms with van der Waals surface area (Å²) in [4.78, 5) is 4.55. The normalized spacial score (nSPS) is 10.5. The molecule has 0 spiro atoms. The van der Waals surface area contributed by atoms with Crippen LogP contribution in [0.5, 0.6) is 0 Å². The van der Waals surface area contributed by atoms with Gasteiger partial charge in [0.25, 0.3) is 0 Å². The summed E-state index contributed by atoms with van der Waals surface area (Å²) in [5.74, 6) is 0. The average Bonchev–Trinajstić information content (AvgIpc) is 3.03. The molecule has 0 radical (unpaired) electrons. The molecule has 5 rings (SSSR count). The summed E-state index contributed by atoms with van der Waals surface area (Å²) in [5.41, 5.74) is 10.8. The zero-order valence-corrected chi connectivity index (χ0v) is 23.4. The molecule has 4 N–H and O–H groups in total. The Balaban J connectivity index is 1.56. The van der Waals surface area contributed by atoms with Crippen molar-refractivity contribution in [1.82, 2.24) is 0 Å². The summed E-state index contributed by atoms with van der Waals surface area (Å²) in [6.07, 6.45) is 0. The van der Waals surface area contributed by atoms with E-state index in [0.29, 0.717) is 0 Å². The Morgan fingerprint density at radius 2 is 0.425 bits per heavy atom. The number of anilines is 10. The summed E-state index contributed by atoms with van der Waals surface area (Å²) >= 11 is 0. The average molecular weight is 529 g/mol. The molecule has 0 unspecified atom stereocenters. The Bertz CT molecular complexity index is 1280. The minimum atomic E-state index is 1.08. The molecule has 5 aromatic carbocycles. The largest absolute Gasteiger partial charge is 0.388 e. The van der Waals surface area contributed by atoms with E-state index >= 15 is 0 Å². The van der Waals surface area contributed by atoms with Crippen LogP contribution in [0, 0.1) is 0 Å². The summed E-state index contributed by atoms with van der Waals surface area (Å²) in [6.45, 7) is 0. The molecule has 0 aliphatic carbocycles. The molecule has 0 saturated carbocycles. The number of nitrogens with one attached hydrogen (secondary N) is 4. The van der Waals surface area contributed by atoms with Crippen LogP contribution in [0.15, 0.2) is 121 Å². The molecule has 0 atom stereocenters. The molecule has 0 heterocycles. The van der Waals surface area contributed by atoms with Crippen molar-refractivity contribution < 1.29 is 0 Å². The Morgan fingerprint density at radius 3 is 0.575 bits per heavy atom. The van der Waals surface area contributed by atoms with Crippen molar-refractivity contribution in [3.05, 3.63) is 121 Å². The van der Waals surface area contributed by atoms with Gasteiger partial charge in [-0.25, -0.2) is 0 Å². The van der Waals surface area contributed by atoms with Gasteiger partial charge < -0.3 is 31.1 Å². The number of benzene rings is 5. The van der Waals surface area contributed by atoms with Crippen molar-refractivity contribution in [2.75, 3.05) is 59.3 Å². The third kappa shape index (κ3) is 5.66. The first-order valence-corrected chi connectivity index (χ1v) is 13.4. The van der Waals surface area contributed by atoms with Crippen LogP contribution in [-0.4, -0.2) is 28.2 Å². The standard InChI is InChI=1S/C34H36N6/c1-35-25-5-13-29(14-6-25)39(30-15-7-26(36-2)8-16-30)33-21-23-34(24-22-33)40(31-17-9-27(37-3)10-18-31)32-19-11-28(38-4)12-20-32/h5-24,35-38H,1-4H3. The zero-order valence-electron chi connectivity index (χ0n) is 23.4. The molecule has 40 heavy (non-hydrogen) atoms. The Morgan fingerprint density at radius 1 is 0.275 bits per heavy atom. The molecule has 0 aliphatic rings. The molecule has 0 bridgehead atoms. The minimum Gasteiger partial charge on any atom is -0.388 e. The number of hydrogen-bond donors (Lipinski definition) is 4. The maximum atomic E-state index is 3.21. The van der Waals surface area contributed by atoms with Gasteiger partial charge in [-0.3, -0.25) is 0 Å². The molecule has 6 heteroatoms. The molecule has 202 valence electrons. The Labute approximate surface area is 237 Å². The third-order valence-corrected chi connectivity index (χ3v) is 7.02. The van der Waals surface area contributed by atoms with Crippen molar-refractivity contribution in [3.63, 3.8) is 0 Å². The van der Waals surface area contributed by atoms with Gasteiger partial charge in [-0.05, 0) is 121 Å². The van der Waals surface area contributed by atoms with Gasteiger partial charge in [0.15, 0.2) is 0 Å². The van der Waals surface area contributed by atoms with E-state index in [1.807, 2.05) is 28.2 Å². The van der Waals surface area contributed by atoms with Crippen LogP contribution in [0.2, 0.25) is 0 Å². The second kappa shape index (κ2) is 12.2. The first-order valence-electron chi connectivity index (χ1n) is 13.4. The second-order valence-corrected chi connectivity index (χ2v) is 9.37. The van der Waals surface area contributed by atoms with Crippen LogP contribution in [0.4, 0.5) is 56.9 Å². The Hall–Kier alpha value is -5.10. The maximum absolute atomic E-state index is 3.21. The molecule has 0 amide bonds. The number of nitrogens with zero attached hydrogens (tertiary/aromatic N) is 2. The molecule has 0 aromatic heterocycles. The summed E-state index contributed by atoms with van der Waals surface area (Å²) in [5, 5.41) is 12.9. The third-order valence-electron chi connectivity index (χ3n) is 7.02. The second-order valence-electron chi connectivity index (χ2n) is 9.37. The van der Waals surface area contributed by atoms with Crippen LogP contribution in [0.25, 0.3) is 0 Å². The highest BCUT2D eigenvalue weighted by Gasteiger charge is 2.16. The molecular weight excluding hydrogens is 492 g/mol. The van der Waals surface area contributed by atoms with E-state index in [-0.39, 0.29) is 0 Å². The number of hydrogen-bond acceptors (Lipinski definition) is 6. The fraction of sp³-hybridized carbons (Fsp3) is 0.118. The van der Waals surface area contributed by atoms with E-state index in [1.54, 1.807) is 0 Å². The minimum absolute atomic E-state index is 1.08. The summed E-state index contributed by atoms with van der Waals surface area (Å²) in [7, 11) is 7.75. The van der Waals surface area contributed by atoms with Crippen molar-refractivity contribution in [3.8, 4) is 0 Å². The fourth-order valence-electron chi connectivity index (χ4n) is 4.75. The molecular formula is C34H36N6. The SMILES string of the molecule is CNc1ccc(N(c2ccc(NC)cc2)c2ccc(N(c3ccc(NC)cc3)c3ccc(NC)cc3)cc2)cc1. The van der Waals surface area contributed by atoms with Crippen molar-refractivity contribution in [1.29, 1.82) is 0 Å². The van der Waals surface area contributed by atoms with E-state index in [9.17, 15) is 0 Å². The lowest BCUT2D eigenvalue weighted by atomic mass is 10.1. The highest BCUT2D eigenvalue weighted by Crippen LogP contribution is 2.40. The maximum Gasteiger partial charge on any atom is 0.0463 e. The quantitative estimate of drug-likeness (QED) is 0.145. The molecule has 0 fully saturated rings. The topological polar surface area (TPSA) is 54.6 Å². The van der Waals surface area contributed by atoms with Gasteiger partial charge in [0.1, 0.15) is 0 Å². The predicted molar refractivity (Wildman–Crippen MR) is 174 cm³/mol. The van der Waals surface area contributed by atoms with Gasteiger partial charge in [0, 0.05) is 85.1 Å². The molecule has 0 aliphatic heterocycles. The lowest BCUT2D eigenvalue weighted by Crippen LogP contribution is -2.12. The van der Waals surface area contributed by atoms with Gasteiger partial charge in [-0.1, -0.05) is 0 Å². The summed E-state index contributed by atoms with van der Waals surface area (Å²) < 4.78 is 0. The van der Waals surface area contributed by atoms with Crippen LogP contribution >= 0.6 is 0 Å². The van der Waals surface area contributed by atoms with Crippen molar-refractivity contribution >= 4 is 56.9 Å². The summed E-state index contributed by atoms with van der Waals surface area (Å²) in [6, 6.07) is 42.7. The van der Waals surface area contributed by atoms with Crippen LogP contribution < -0.4 is 31.1 Å². The highest BCUT2D eigenvalue weighted by atomic mass is 15.2. The first kappa shape index (κ1) is 26.5. The molecule has 5 aromatic rings. The van der Waals surface area contributed by atoms with Crippen molar-refractivity contribution in [2.24, 2.45) is 0 Å². The van der Waals surface area contributed by atoms with Gasteiger partial charge in [0.2, 0.25) is 0 Å². The van der Waals surface area contributed by atoms with Crippen LogP contribution in [-0.2, 0) is 0 Å². The predicted octanol–water partition coefficient (Wildman–Crippen LogP) is 8.79. The smallest absolute Gasteiger partial charge is 0.0463 e. The zero-order chi connectivity index (χ0) is 27.9.